The summed E-state index contributed by atoms with van der Waals surface area (Å²) >= 11 is 0. The van der Waals surface area contributed by atoms with E-state index in [1.54, 1.807) is 0 Å². The van der Waals surface area contributed by atoms with E-state index in [1.165, 1.54) is 89.9 Å². The molecule has 104 heavy (non-hydrogen) atoms. The van der Waals surface area contributed by atoms with Crippen LogP contribution in [0.5, 0.6) is 0 Å². The van der Waals surface area contributed by atoms with Crippen molar-refractivity contribution in [2.45, 2.75) is 380 Å². The lowest BCUT2D eigenvalue weighted by Gasteiger charge is -2.21. The van der Waals surface area contributed by atoms with E-state index in [-0.39, 0.29) is 25.7 Å². The Morgan fingerprint density at radius 2 is 0.500 bits per heavy atom. The van der Waals surface area contributed by atoms with E-state index in [2.05, 4.69) is 125 Å². The molecule has 0 aliphatic rings. The summed E-state index contributed by atoms with van der Waals surface area (Å²) in [6.07, 6.45) is 82.2. The van der Waals surface area contributed by atoms with Crippen molar-refractivity contribution in [2.75, 3.05) is 39.6 Å². The molecule has 3 N–H and O–H groups in total. The second kappa shape index (κ2) is 77.1. The van der Waals surface area contributed by atoms with Crippen molar-refractivity contribution in [3.8, 4) is 0 Å². The molecule has 0 saturated heterocycles. The van der Waals surface area contributed by atoms with Gasteiger partial charge >= 0.3 is 39.5 Å². The number of aliphatic hydroxyl groups excluding tert-OH is 1. The molecule has 0 heterocycles. The summed E-state index contributed by atoms with van der Waals surface area (Å²) in [4.78, 5) is 73.1. The van der Waals surface area contributed by atoms with Gasteiger partial charge in [-0.2, -0.15) is 0 Å². The average Bonchev–Trinajstić information content (AvgIpc) is 0.918. The fraction of sp³-hybridized carbons (Fsp3) is 0.765. The van der Waals surface area contributed by atoms with Gasteiger partial charge in [0, 0.05) is 25.7 Å². The minimum atomic E-state index is -4.98. The molecule has 0 aliphatic heterocycles. The predicted octanol–water partition coefficient (Wildman–Crippen LogP) is 24.3. The molecule has 0 radical (unpaired) electrons. The van der Waals surface area contributed by atoms with Crippen LogP contribution in [0.3, 0.4) is 0 Å². The smallest absolute Gasteiger partial charge is 0.462 e. The highest BCUT2D eigenvalue weighted by molar-refractivity contribution is 7.47. The number of hydrogen-bond donors (Lipinski definition) is 3. The third kappa shape index (κ3) is 76.2. The Balaban J connectivity index is 5.35. The number of carbonyl (C=O) groups is 4. The Morgan fingerprint density at radius 1 is 0.279 bits per heavy atom. The quantitative estimate of drug-likeness (QED) is 0.0169. The van der Waals surface area contributed by atoms with Crippen LogP contribution < -0.4 is 0 Å². The molecule has 17 nitrogen and oxygen atoms in total. The molecular formula is C85H150O17P2. The number of aliphatic hydroxyl groups is 1. The summed E-state index contributed by atoms with van der Waals surface area (Å²) in [5, 5.41) is 10.7. The molecule has 0 bridgehead atoms. The molecule has 0 saturated carbocycles. The molecule has 0 amide bonds. The van der Waals surface area contributed by atoms with Gasteiger partial charge < -0.3 is 33.8 Å². The summed E-state index contributed by atoms with van der Waals surface area (Å²) in [6, 6.07) is 0. The van der Waals surface area contributed by atoms with Gasteiger partial charge in [-0.15, -0.1) is 0 Å². The molecule has 0 aromatic carbocycles. The Kier molecular flexibility index (Phi) is 74.2. The summed E-state index contributed by atoms with van der Waals surface area (Å²) in [6.45, 7) is 4.73. The Labute approximate surface area is 633 Å². The fourth-order valence-corrected chi connectivity index (χ4v) is 12.8. The maximum Gasteiger partial charge on any atom is 0.472 e. The van der Waals surface area contributed by atoms with Crippen LogP contribution in [0.1, 0.15) is 362 Å². The van der Waals surface area contributed by atoms with E-state index < -0.39 is 97.5 Å². The maximum atomic E-state index is 13.1. The number of phosphoric ester groups is 2. The second-order valence-corrected chi connectivity index (χ2v) is 30.6. The van der Waals surface area contributed by atoms with Crippen LogP contribution >= 0.6 is 15.6 Å². The first-order chi connectivity index (χ1) is 50.7. The largest absolute Gasteiger partial charge is 0.472 e. The lowest BCUT2D eigenvalue weighted by molar-refractivity contribution is -0.161. The van der Waals surface area contributed by atoms with Crippen molar-refractivity contribution in [3.05, 3.63) is 97.2 Å². The van der Waals surface area contributed by atoms with Gasteiger partial charge in [0.1, 0.15) is 19.3 Å². The summed E-state index contributed by atoms with van der Waals surface area (Å²) in [7, 11) is -9.96. The van der Waals surface area contributed by atoms with Crippen LogP contribution in [0.2, 0.25) is 0 Å². The Hall–Kier alpha value is -4.02. The van der Waals surface area contributed by atoms with E-state index in [0.717, 1.165) is 193 Å². The highest BCUT2D eigenvalue weighted by Crippen LogP contribution is 2.45. The van der Waals surface area contributed by atoms with Gasteiger partial charge in [-0.05, 0) is 128 Å². The first-order valence-corrected chi connectivity index (χ1v) is 44.5. The Morgan fingerprint density at radius 3 is 0.788 bits per heavy atom. The van der Waals surface area contributed by atoms with Crippen molar-refractivity contribution < 1.29 is 80.2 Å². The number of allylic oxidation sites excluding steroid dienone is 16. The molecule has 0 fully saturated rings. The van der Waals surface area contributed by atoms with Crippen molar-refractivity contribution in [1.82, 2.24) is 0 Å². The van der Waals surface area contributed by atoms with Gasteiger partial charge in [0.2, 0.25) is 0 Å². The van der Waals surface area contributed by atoms with E-state index >= 15 is 0 Å². The minimum absolute atomic E-state index is 0.0768. The molecule has 0 aromatic heterocycles. The van der Waals surface area contributed by atoms with Crippen LogP contribution in [0, 0.1) is 0 Å². The van der Waals surface area contributed by atoms with Crippen molar-refractivity contribution in [3.63, 3.8) is 0 Å². The first kappa shape index (κ1) is 100.0. The number of carbonyl (C=O) groups excluding carboxylic acids is 4. The second-order valence-electron chi connectivity index (χ2n) is 27.7. The third-order valence-corrected chi connectivity index (χ3v) is 19.4. The van der Waals surface area contributed by atoms with E-state index in [9.17, 15) is 43.2 Å². The standard InChI is InChI=1S/C85H150O17P2/c1-5-9-13-17-21-25-29-33-36-38-39-41-44-47-50-54-58-62-66-70-83(88)96-76-81(102-85(90)72-68-64-60-56-52-48-42-35-31-27-23-19-15-11-7-3)78-100-104(93,94)98-74-79(86)73-97-103(91,92)99-77-80(101-84(89)71-67-63-59-55-51-45-32-28-24-20-16-12-8-4)75-95-82(87)69-65-61-57-53-49-46-43-40-37-34-30-26-22-18-14-10-6-2/h10,14,21-23,25-27,33-37,39,41-42,79-81,86H,5-9,11-13,15-20,24,28-32,38,40,43-78H2,1-4H3,(H,91,92)(H,93,94)/b14-10-,25-21-,26-22-,27-23-,36-33-,37-34-,41-39-,42-35-. The van der Waals surface area contributed by atoms with Crippen molar-refractivity contribution in [1.29, 1.82) is 0 Å². The van der Waals surface area contributed by atoms with Crippen molar-refractivity contribution in [2.24, 2.45) is 0 Å². The molecule has 0 spiro atoms. The average molecular weight is 1510 g/mol. The van der Waals surface area contributed by atoms with Gasteiger partial charge in [-0.3, -0.25) is 37.3 Å². The molecule has 0 rings (SSSR count). The van der Waals surface area contributed by atoms with Crippen LogP contribution in [-0.4, -0.2) is 96.7 Å². The molecule has 0 aromatic rings. The first-order valence-electron chi connectivity index (χ1n) is 41.5. The summed E-state index contributed by atoms with van der Waals surface area (Å²) < 4.78 is 68.7. The topological polar surface area (TPSA) is 237 Å². The molecule has 5 atom stereocenters. The zero-order valence-electron chi connectivity index (χ0n) is 65.9. The van der Waals surface area contributed by atoms with Crippen molar-refractivity contribution >= 4 is 39.5 Å². The van der Waals surface area contributed by atoms with Crippen LogP contribution in [0.4, 0.5) is 0 Å². The number of rotatable bonds is 78. The number of phosphoric acid groups is 2. The molecule has 602 valence electrons. The highest BCUT2D eigenvalue weighted by Gasteiger charge is 2.30. The van der Waals surface area contributed by atoms with Gasteiger partial charge in [0.15, 0.2) is 12.2 Å². The molecule has 5 unspecified atom stereocenters. The number of ether oxygens (including phenoxy) is 4. The van der Waals surface area contributed by atoms with Gasteiger partial charge in [-0.25, -0.2) is 9.13 Å². The highest BCUT2D eigenvalue weighted by atomic mass is 31.2. The van der Waals surface area contributed by atoms with Crippen LogP contribution in [-0.2, 0) is 65.4 Å². The van der Waals surface area contributed by atoms with Gasteiger partial charge in [-0.1, -0.05) is 305 Å². The third-order valence-electron chi connectivity index (χ3n) is 17.5. The number of esters is 4. The minimum Gasteiger partial charge on any atom is -0.462 e. The predicted molar refractivity (Wildman–Crippen MR) is 427 cm³/mol. The van der Waals surface area contributed by atoms with Gasteiger partial charge in [0.05, 0.1) is 26.4 Å². The zero-order chi connectivity index (χ0) is 76.0. The maximum absolute atomic E-state index is 13.1. The summed E-state index contributed by atoms with van der Waals surface area (Å²) in [5.74, 6) is -2.19. The lowest BCUT2D eigenvalue weighted by Crippen LogP contribution is -2.30. The zero-order valence-corrected chi connectivity index (χ0v) is 67.7. The Bertz CT molecular complexity index is 2350. The molecule has 0 aliphatic carbocycles. The molecule has 19 heteroatoms. The van der Waals surface area contributed by atoms with E-state index in [4.69, 9.17) is 37.0 Å². The monoisotopic (exact) mass is 1510 g/mol. The van der Waals surface area contributed by atoms with Crippen LogP contribution in [0.25, 0.3) is 0 Å². The van der Waals surface area contributed by atoms with Gasteiger partial charge in [0.25, 0.3) is 0 Å². The van der Waals surface area contributed by atoms with E-state index in [0.29, 0.717) is 25.7 Å². The molecular weight excluding hydrogens is 1350 g/mol. The SMILES string of the molecule is CC/C=C\C/C=C\C/C=C\CCCCCCCCCC(=O)OCC(COP(=O)(O)OCC(O)COP(=O)(O)OCC(COC(=O)CCCCCCCC/C=C\C/C=C\C/C=C\CCCCC)OC(=O)CCCCCCC/C=C\C/C=C\CCCCC)OC(=O)CCCCCCCCCCCCCCC. The fourth-order valence-electron chi connectivity index (χ4n) is 11.2. The number of unbranched alkanes of at least 4 members (excludes halogenated alkanes) is 36. The van der Waals surface area contributed by atoms with E-state index in [1.807, 2.05) is 0 Å². The lowest BCUT2D eigenvalue weighted by atomic mass is 10.0. The summed E-state index contributed by atoms with van der Waals surface area (Å²) in [5.41, 5.74) is 0. The normalized spacial score (nSPS) is 14.3. The number of hydrogen-bond acceptors (Lipinski definition) is 15. The van der Waals surface area contributed by atoms with Crippen LogP contribution in [0.15, 0.2) is 97.2 Å².